The first-order valence-electron chi connectivity index (χ1n) is 6.05. The van der Waals surface area contributed by atoms with Gasteiger partial charge in [-0.3, -0.25) is 0 Å². The molecule has 0 saturated heterocycles. The number of hydrogen-bond acceptors (Lipinski definition) is 2. The van der Waals surface area contributed by atoms with E-state index in [1.54, 1.807) is 7.11 Å². The summed E-state index contributed by atoms with van der Waals surface area (Å²) < 4.78 is 8.23. The molecule has 106 valence electrons. The van der Waals surface area contributed by atoms with Gasteiger partial charge < -0.3 is 10.1 Å². The van der Waals surface area contributed by atoms with Crippen molar-refractivity contribution in [3.63, 3.8) is 0 Å². The van der Waals surface area contributed by atoms with E-state index in [4.69, 9.17) is 4.74 Å². The summed E-state index contributed by atoms with van der Waals surface area (Å²) in [5.74, 6) is 0. The van der Waals surface area contributed by atoms with Crippen LogP contribution in [0.1, 0.15) is 11.1 Å². The molecule has 5 heteroatoms. The maximum Gasteiger partial charge on any atom is 0.0713 e. The summed E-state index contributed by atoms with van der Waals surface area (Å²) in [5.41, 5.74) is 3.45. The lowest BCUT2D eigenvalue weighted by atomic mass is 10.1. The normalized spacial score (nSPS) is 10.6. The lowest BCUT2D eigenvalue weighted by molar-refractivity contribution is 0.185. The third-order valence-electron chi connectivity index (χ3n) is 2.78. The third-order valence-corrected chi connectivity index (χ3v) is 4.49. The van der Waals surface area contributed by atoms with Gasteiger partial charge in [0, 0.05) is 27.1 Å². The molecule has 0 aliphatic rings. The van der Waals surface area contributed by atoms with E-state index < -0.39 is 0 Å². The molecule has 2 rings (SSSR count). The van der Waals surface area contributed by atoms with Crippen molar-refractivity contribution in [2.45, 2.75) is 13.2 Å². The number of ether oxygens (including phenoxy) is 1. The van der Waals surface area contributed by atoms with Crippen molar-refractivity contribution >= 4 is 53.5 Å². The van der Waals surface area contributed by atoms with Crippen LogP contribution in [0.15, 0.2) is 49.8 Å². The molecule has 20 heavy (non-hydrogen) atoms. The number of benzene rings is 2. The number of nitrogens with one attached hydrogen (secondary N) is 1. The maximum atomic E-state index is 5.16. The Hall–Kier alpha value is -0.360. The van der Waals surface area contributed by atoms with E-state index in [1.165, 1.54) is 11.1 Å². The van der Waals surface area contributed by atoms with Crippen LogP contribution in [0.5, 0.6) is 0 Å². The largest absolute Gasteiger partial charge is 0.380 e. The van der Waals surface area contributed by atoms with E-state index in [2.05, 4.69) is 77.4 Å². The number of anilines is 1. The summed E-state index contributed by atoms with van der Waals surface area (Å²) in [7, 11) is 1.71. The number of halogens is 3. The van der Waals surface area contributed by atoms with Gasteiger partial charge in [0.1, 0.15) is 0 Å². The lowest BCUT2D eigenvalue weighted by Crippen LogP contribution is -2.02. The van der Waals surface area contributed by atoms with E-state index in [1.807, 2.05) is 12.1 Å². The van der Waals surface area contributed by atoms with Crippen LogP contribution in [-0.4, -0.2) is 7.11 Å². The van der Waals surface area contributed by atoms with Crippen LogP contribution < -0.4 is 5.32 Å². The smallest absolute Gasteiger partial charge is 0.0713 e. The van der Waals surface area contributed by atoms with Crippen LogP contribution in [0.25, 0.3) is 0 Å². The Morgan fingerprint density at radius 1 is 1.00 bits per heavy atom. The van der Waals surface area contributed by atoms with E-state index >= 15 is 0 Å². The summed E-state index contributed by atoms with van der Waals surface area (Å²) in [6.45, 7) is 1.40. The molecule has 0 unspecified atom stereocenters. The molecule has 0 aliphatic heterocycles. The minimum absolute atomic E-state index is 0.638. The standard InChI is InChI=1S/C15H14Br3NO/c1-20-9-11-4-2-3-10(5-11)8-19-15-13(17)6-12(16)7-14(15)18/h2-7,19H,8-9H2,1H3. The first-order chi connectivity index (χ1) is 9.60. The van der Waals surface area contributed by atoms with Crippen molar-refractivity contribution in [1.29, 1.82) is 0 Å². The molecule has 0 fully saturated rings. The number of methoxy groups -OCH3 is 1. The molecule has 0 saturated carbocycles. The van der Waals surface area contributed by atoms with Gasteiger partial charge in [0.05, 0.1) is 12.3 Å². The quantitative estimate of drug-likeness (QED) is 0.611. The summed E-state index contributed by atoms with van der Waals surface area (Å²) in [6, 6.07) is 12.4. The summed E-state index contributed by atoms with van der Waals surface area (Å²) in [4.78, 5) is 0. The first kappa shape index (κ1) is 16.0. The highest BCUT2D eigenvalue weighted by molar-refractivity contribution is 9.11. The molecule has 0 atom stereocenters. The second kappa shape index (κ2) is 7.59. The Balaban J connectivity index is 2.11. The van der Waals surface area contributed by atoms with Crippen LogP contribution in [0.2, 0.25) is 0 Å². The van der Waals surface area contributed by atoms with E-state index in [-0.39, 0.29) is 0 Å². The fourth-order valence-electron chi connectivity index (χ4n) is 1.90. The summed E-state index contributed by atoms with van der Waals surface area (Å²) >= 11 is 10.6. The SMILES string of the molecule is COCc1cccc(CNc2c(Br)cc(Br)cc2Br)c1. The lowest BCUT2D eigenvalue weighted by Gasteiger charge is -2.12. The Bertz CT molecular complexity index is 578. The molecule has 0 spiro atoms. The van der Waals surface area contributed by atoms with E-state index in [0.717, 1.165) is 25.7 Å². The molecule has 1 N–H and O–H groups in total. The minimum Gasteiger partial charge on any atom is -0.380 e. The van der Waals surface area contributed by atoms with Gasteiger partial charge >= 0.3 is 0 Å². The molecule has 2 aromatic rings. The van der Waals surface area contributed by atoms with Crippen molar-refractivity contribution in [3.05, 3.63) is 60.9 Å². The van der Waals surface area contributed by atoms with Gasteiger partial charge in [-0.2, -0.15) is 0 Å². The Labute approximate surface area is 144 Å². The van der Waals surface area contributed by atoms with Gasteiger partial charge in [-0.25, -0.2) is 0 Å². The van der Waals surface area contributed by atoms with Crippen molar-refractivity contribution in [2.75, 3.05) is 12.4 Å². The zero-order chi connectivity index (χ0) is 14.5. The minimum atomic E-state index is 0.638. The fourth-order valence-corrected chi connectivity index (χ4v) is 4.44. The van der Waals surface area contributed by atoms with Gasteiger partial charge in [-0.1, -0.05) is 40.2 Å². The van der Waals surface area contributed by atoms with Gasteiger partial charge in [-0.05, 0) is 55.1 Å². The van der Waals surface area contributed by atoms with Crippen molar-refractivity contribution in [3.8, 4) is 0 Å². The summed E-state index contributed by atoms with van der Waals surface area (Å²) in [6.07, 6.45) is 0. The van der Waals surface area contributed by atoms with Crippen LogP contribution in [0.4, 0.5) is 5.69 Å². The Kier molecular flexibility index (Phi) is 6.08. The van der Waals surface area contributed by atoms with Crippen LogP contribution in [0, 0.1) is 0 Å². The fraction of sp³-hybridized carbons (Fsp3) is 0.200. The van der Waals surface area contributed by atoms with E-state index in [9.17, 15) is 0 Å². The van der Waals surface area contributed by atoms with Crippen molar-refractivity contribution < 1.29 is 4.74 Å². The number of hydrogen-bond donors (Lipinski definition) is 1. The second-order valence-electron chi connectivity index (χ2n) is 4.35. The van der Waals surface area contributed by atoms with Crippen LogP contribution in [0.3, 0.4) is 0 Å². The zero-order valence-corrected chi connectivity index (χ0v) is 15.7. The molecule has 0 radical (unpaired) electrons. The molecular weight excluding hydrogens is 450 g/mol. The van der Waals surface area contributed by atoms with Gasteiger partial charge in [-0.15, -0.1) is 0 Å². The molecule has 0 aromatic heterocycles. The molecule has 0 heterocycles. The Morgan fingerprint density at radius 2 is 1.65 bits per heavy atom. The highest BCUT2D eigenvalue weighted by Crippen LogP contribution is 2.34. The monoisotopic (exact) mass is 461 g/mol. The average Bonchev–Trinajstić information content (AvgIpc) is 2.38. The van der Waals surface area contributed by atoms with Crippen LogP contribution >= 0.6 is 47.8 Å². The Morgan fingerprint density at radius 3 is 2.30 bits per heavy atom. The van der Waals surface area contributed by atoms with Crippen molar-refractivity contribution in [2.24, 2.45) is 0 Å². The predicted octanol–water partition coefficient (Wildman–Crippen LogP) is 5.73. The molecule has 2 nitrogen and oxygen atoms in total. The van der Waals surface area contributed by atoms with Crippen LogP contribution in [-0.2, 0) is 17.9 Å². The van der Waals surface area contributed by atoms with Gasteiger partial charge in [0.15, 0.2) is 0 Å². The summed E-state index contributed by atoms with van der Waals surface area (Å²) in [5, 5.41) is 3.44. The van der Waals surface area contributed by atoms with E-state index in [0.29, 0.717) is 6.61 Å². The zero-order valence-electron chi connectivity index (χ0n) is 10.9. The second-order valence-corrected chi connectivity index (χ2v) is 6.98. The molecule has 0 bridgehead atoms. The average molecular weight is 464 g/mol. The first-order valence-corrected chi connectivity index (χ1v) is 8.43. The predicted molar refractivity (Wildman–Crippen MR) is 94.0 cm³/mol. The highest BCUT2D eigenvalue weighted by atomic mass is 79.9. The molecular formula is C15H14Br3NO. The maximum absolute atomic E-state index is 5.16. The number of rotatable bonds is 5. The molecule has 2 aromatic carbocycles. The van der Waals surface area contributed by atoms with Crippen molar-refractivity contribution in [1.82, 2.24) is 0 Å². The topological polar surface area (TPSA) is 21.3 Å². The third kappa shape index (κ3) is 4.32. The molecule has 0 amide bonds. The van der Waals surface area contributed by atoms with Gasteiger partial charge in [0.25, 0.3) is 0 Å². The highest BCUT2D eigenvalue weighted by Gasteiger charge is 2.06. The molecule has 0 aliphatic carbocycles. The van der Waals surface area contributed by atoms with Gasteiger partial charge in [0.2, 0.25) is 0 Å².